The van der Waals surface area contributed by atoms with Crippen LogP contribution in [0.3, 0.4) is 0 Å². The minimum Gasteiger partial charge on any atom is -0.492 e. The van der Waals surface area contributed by atoms with Gasteiger partial charge in [-0.1, -0.05) is 260 Å². The maximum atomic E-state index is 14.9. The van der Waals surface area contributed by atoms with E-state index in [1.165, 1.54) is 50.1 Å². The molecule has 0 saturated heterocycles. The molecule has 0 aliphatic heterocycles. The van der Waals surface area contributed by atoms with Crippen LogP contribution in [0.5, 0.6) is 17.2 Å². The lowest BCUT2D eigenvalue weighted by Crippen LogP contribution is -2.63. The van der Waals surface area contributed by atoms with Crippen LogP contribution in [0.2, 0.25) is 0 Å². The number of rotatable bonds is 37. The van der Waals surface area contributed by atoms with Gasteiger partial charge in [0.1, 0.15) is 55.4 Å². The van der Waals surface area contributed by atoms with E-state index in [4.69, 9.17) is 28.4 Å². The maximum absolute atomic E-state index is 14.9. The van der Waals surface area contributed by atoms with Crippen molar-refractivity contribution in [2.24, 2.45) is 46.3 Å². The van der Waals surface area contributed by atoms with Crippen LogP contribution in [-0.2, 0) is 33.4 Å². The Bertz CT molecular complexity index is 4890. The molecule has 4 fully saturated rings. The zero-order valence-corrected chi connectivity index (χ0v) is 71.2. The topological polar surface area (TPSA) is 154 Å². The summed E-state index contributed by atoms with van der Waals surface area (Å²) in [5.41, 5.74) is 16.8. The molecular formula is C105H121N3O11. The Morgan fingerprint density at radius 1 is 0.412 bits per heavy atom. The van der Waals surface area contributed by atoms with Gasteiger partial charge >= 0.3 is 23.9 Å². The van der Waals surface area contributed by atoms with Crippen molar-refractivity contribution in [3.8, 4) is 17.2 Å². The average Bonchev–Trinajstić information content (AvgIpc) is 1.64. The standard InChI is InChI=1S/C105H121N3O11/c1-10-88(74-31-19-13-20-32-74)100(77-37-25-16-26-38-77)80-44-50-84(51-45-80)114-64-61-106(7)70-97(111)117-87-59-60-104(5)83(67-87)68-94(118-98(112)71-107(8)62-65-115-85-52-46-81(47-53-85)101(78-39-27-17-28-40-78)89(11-2)75-33-21-14-22-34-75)103-92-57-56-91(73(4)43-58-96(109)110)105(92,6)95(69-93(103)104)119-99(113)72-108(9)63-66-116-86-54-48-82(49-55-86)102(79-41-29-18-30-42-79)90(12-3)76-35-23-15-24-36-76/h13-42,44-55,73,83,87,91-95,103H,10-12,43,56-72H2,1-9H3,(H,109,110)/b100-88-,101-89-,102-90-/t73-,83+,87-,91-,92+,93+,94-,95+,103+,104+,105-/m1/s1. The summed E-state index contributed by atoms with van der Waals surface area (Å²) >= 11 is 0. The van der Waals surface area contributed by atoms with Gasteiger partial charge in [-0.2, -0.15) is 0 Å². The van der Waals surface area contributed by atoms with Gasteiger partial charge < -0.3 is 33.5 Å². The SMILES string of the molecule is CC/C(=C(\c1ccccc1)c1ccc(OCCN(C)CC(=O)O[C@@H]2CC[C@@]3(C)[C@@H](C2)C[C@@H](OC(=O)CN(C)CCOc2ccc(/C(=C(/CC)c4ccccc4)c4ccccc4)cc2)[C@@H]2[C@@H]3C[C@H](OC(=O)CN(C)CCOc3ccc(/C(=C(/CC)c4ccccc4)c4ccccc4)cc3)[C@]3(C)[C@@H]([C@H](C)CCC(=O)O)CC[C@@H]23)cc1)c1ccccc1. The van der Waals surface area contributed by atoms with E-state index >= 15 is 0 Å². The second-order valence-corrected chi connectivity index (χ2v) is 34.0. The Hall–Kier alpha value is -10.6. The van der Waals surface area contributed by atoms with Crippen LogP contribution in [-0.4, -0.2) is 142 Å². The number of esters is 3. The lowest BCUT2D eigenvalue weighted by molar-refractivity contribution is -0.226. The molecule has 0 spiro atoms. The molecule has 4 aliphatic carbocycles. The lowest BCUT2D eigenvalue weighted by Gasteiger charge is -2.64. The van der Waals surface area contributed by atoms with Crippen molar-refractivity contribution in [3.05, 3.63) is 305 Å². The number of nitrogens with zero attached hydrogens (tertiary/aromatic N) is 3. The van der Waals surface area contributed by atoms with E-state index in [0.29, 0.717) is 71.6 Å². The van der Waals surface area contributed by atoms with Crippen molar-refractivity contribution in [2.45, 2.75) is 137 Å². The predicted octanol–water partition coefficient (Wildman–Crippen LogP) is 21.2. The molecule has 4 aliphatic rings. The van der Waals surface area contributed by atoms with Crippen LogP contribution in [0, 0.1) is 46.3 Å². The van der Waals surface area contributed by atoms with Gasteiger partial charge in [0.25, 0.3) is 0 Å². The molecule has 622 valence electrons. The predicted molar refractivity (Wildman–Crippen MR) is 477 cm³/mol. The van der Waals surface area contributed by atoms with Crippen molar-refractivity contribution in [2.75, 3.05) is 80.2 Å². The third-order valence-electron chi connectivity index (χ3n) is 26.5. The van der Waals surface area contributed by atoms with E-state index in [2.05, 4.69) is 224 Å². The molecule has 9 aromatic rings. The molecule has 4 saturated carbocycles. The number of aliphatic carboxylic acids is 1. The van der Waals surface area contributed by atoms with Gasteiger partial charge in [0.05, 0.1) is 19.6 Å². The molecule has 119 heavy (non-hydrogen) atoms. The zero-order chi connectivity index (χ0) is 83.4. The molecule has 14 heteroatoms. The van der Waals surface area contributed by atoms with Crippen LogP contribution >= 0.6 is 0 Å². The molecule has 9 aromatic carbocycles. The molecule has 0 radical (unpaired) electrons. The summed E-state index contributed by atoms with van der Waals surface area (Å²) in [7, 11) is 5.76. The van der Waals surface area contributed by atoms with Gasteiger partial charge in [0.15, 0.2) is 0 Å². The number of carboxylic acid groups (broad SMARTS) is 1. The quantitative estimate of drug-likeness (QED) is 0.0223. The first-order valence-corrected chi connectivity index (χ1v) is 43.4. The summed E-state index contributed by atoms with van der Waals surface area (Å²) in [5, 5.41) is 10.1. The summed E-state index contributed by atoms with van der Waals surface area (Å²) in [6, 6.07) is 88.2. The highest BCUT2D eigenvalue weighted by Gasteiger charge is 2.68. The third-order valence-corrected chi connectivity index (χ3v) is 26.5. The zero-order valence-electron chi connectivity index (χ0n) is 71.2. The first kappa shape index (κ1) is 86.2. The van der Waals surface area contributed by atoms with E-state index in [9.17, 15) is 24.3 Å². The van der Waals surface area contributed by atoms with Crippen LogP contribution in [0.4, 0.5) is 0 Å². The van der Waals surface area contributed by atoms with E-state index < -0.39 is 23.6 Å². The molecule has 13 rings (SSSR count). The molecule has 0 bridgehead atoms. The molecule has 11 atom stereocenters. The Kier molecular flexibility index (Phi) is 29.6. The van der Waals surface area contributed by atoms with Gasteiger partial charge in [-0.3, -0.25) is 33.9 Å². The second-order valence-electron chi connectivity index (χ2n) is 34.0. The highest BCUT2D eigenvalue weighted by molar-refractivity contribution is 6.01. The minimum absolute atomic E-state index is 0.000625. The minimum atomic E-state index is -0.835. The number of hydrogen-bond donors (Lipinski definition) is 1. The number of carbonyl (C=O) groups excluding carboxylic acids is 3. The summed E-state index contributed by atoms with van der Waals surface area (Å²) in [6.07, 6.45) is 6.58. The van der Waals surface area contributed by atoms with Crippen LogP contribution in [0.1, 0.15) is 169 Å². The average molecular weight is 1600 g/mol. The number of allylic oxidation sites excluding steroid dienone is 3. The molecular weight excluding hydrogens is 1480 g/mol. The number of carbonyl (C=O) groups is 4. The monoisotopic (exact) mass is 1600 g/mol. The fourth-order valence-electron chi connectivity index (χ4n) is 20.5. The van der Waals surface area contributed by atoms with E-state index in [0.717, 1.165) is 89.2 Å². The highest BCUT2D eigenvalue weighted by Crippen LogP contribution is 2.70. The van der Waals surface area contributed by atoms with E-state index in [1.54, 1.807) is 0 Å². The molecule has 0 amide bonds. The number of carboxylic acids is 1. The van der Waals surface area contributed by atoms with Gasteiger partial charge in [0.2, 0.25) is 0 Å². The van der Waals surface area contributed by atoms with Crippen LogP contribution < -0.4 is 14.2 Å². The summed E-state index contributed by atoms with van der Waals surface area (Å²) < 4.78 is 39.7. The molecule has 1 N–H and O–H groups in total. The van der Waals surface area contributed by atoms with Crippen molar-refractivity contribution >= 4 is 57.3 Å². The smallest absolute Gasteiger partial charge is 0.320 e. The van der Waals surface area contributed by atoms with Gasteiger partial charge in [0, 0.05) is 37.4 Å². The number of hydrogen-bond acceptors (Lipinski definition) is 13. The Labute approximate surface area is 706 Å². The van der Waals surface area contributed by atoms with Crippen molar-refractivity contribution in [3.63, 3.8) is 0 Å². The van der Waals surface area contributed by atoms with Gasteiger partial charge in [-0.25, -0.2) is 0 Å². The van der Waals surface area contributed by atoms with Crippen LogP contribution in [0.15, 0.2) is 255 Å². The third kappa shape index (κ3) is 21.2. The number of ether oxygens (including phenoxy) is 6. The Morgan fingerprint density at radius 3 is 1.12 bits per heavy atom. The lowest BCUT2D eigenvalue weighted by atomic mass is 9.43. The fraction of sp³-hybridized carbons (Fsp3) is 0.390. The number of benzene rings is 9. The summed E-state index contributed by atoms with van der Waals surface area (Å²) in [5.74, 6) is 0.351. The number of fused-ring (bicyclic) bond motifs is 5. The van der Waals surface area contributed by atoms with Crippen molar-refractivity contribution in [1.82, 2.24) is 14.7 Å². The largest absolute Gasteiger partial charge is 0.492 e. The maximum Gasteiger partial charge on any atom is 0.320 e. The van der Waals surface area contributed by atoms with E-state index in [-0.39, 0.29) is 91.0 Å². The first-order chi connectivity index (χ1) is 57.8. The molecule has 14 nitrogen and oxygen atoms in total. The van der Waals surface area contributed by atoms with Gasteiger partial charge in [-0.05, 0) is 247 Å². The van der Waals surface area contributed by atoms with Crippen molar-refractivity contribution in [1.29, 1.82) is 0 Å². The Balaban J connectivity index is 0.690. The Morgan fingerprint density at radius 2 is 0.756 bits per heavy atom. The van der Waals surface area contributed by atoms with Crippen molar-refractivity contribution < 1.29 is 52.7 Å². The number of likely N-dealkylation sites (N-methyl/N-ethyl adjacent to an activating group) is 3. The second kappa shape index (κ2) is 40.9. The van der Waals surface area contributed by atoms with E-state index in [1.807, 2.05) is 109 Å². The summed E-state index contributed by atoms with van der Waals surface area (Å²) in [4.78, 5) is 62.1. The first-order valence-electron chi connectivity index (χ1n) is 43.4. The van der Waals surface area contributed by atoms with Crippen LogP contribution in [0.25, 0.3) is 33.4 Å². The highest BCUT2D eigenvalue weighted by atomic mass is 16.6. The molecule has 0 heterocycles. The summed E-state index contributed by atoms with van der Waals surface area (Å²) in [6.45, 7) is 16.1. The normalized spacial score (nSPS) is 22.2. The fourth-order valence-corrected chi connectivity index (χ4v) is 20.5. The van der Waals surface area contributed by atoms with Gasteiger partial charge in [-0.15, -0.1) is 0 Å². The molecule has 0 unspecified atom stereocenters. The molecule has 0 aromatic heterocycles.